The Balaban J connectivity index is 2.05. The third-order valence-corrected chi connectivity index (χ3v) is 3.31. The summed E-state index contributed by atoms with van der Waals surface area (Å²) in [5, 5.41) is 17.7. The van der Waals surface area contributed by atoms with Crippen LogP contribution in [0.5, 0.6) is 0 Å². The van der Waals surface area contributed by atoms with E-state index >= 15 is 0 Å². The Hall–Kier alpha value is -2.55. The second kappa shape index (κ2) is 6.06. The first-order valence-corrected chi connectivity index (χ1v) is 6.39. The molecule has 1 aromatic carbocycles. The summed E-state index contributed by atoms with van der Waals surface area (Å²) >= 11 is 0. The van der Waals surface area contributed by atoms with Gasteiger partial charge in [0.1, 0.15) is 0 Å². The number of benzene rings is 1. The first-order chi connectivity index (χ1) is 9.61. The highest BCUT2D eigenvalue weighted by Crippen LogP contribution is 2.10. The maximum Gasteiger partial charge on any atom is 0.407 e. The van der Waals surface area contributed by atoms with E-state index < -0.39 is 6.09 Å². The molecular weight excluding hydrogens is 258 g/mol. The Morgan fingerprint density at radius 1 is 1.05 bits per heavy atom. The van der Waals surface area contributed by atoms with E-state index in [1.807, 2.05) is 6.07 Å². The van der Waals surface area contributed by atoms with Crippen molar-refractivity contribution in [2.45, 2.75) is 6.42 Å². The van der Waals surface area contributed by atoms with Crippen molar-refractivity contribution in [2.24, 2.45) is 0 Å². The molecule has 0 aliphatic carbocycles. The molecule has 1 aliphatic rings. The van der Waals surface area contributed by atoms with Gasteiger partial charge >= 0.3 is 6.09 Å². The van der Waals surface area contributed by atoms with Crippen LogP contribution in [0.3, 0.4) is 0 Å². The van der Waals surface area contributed by atoms with Gasteiger partial charge in [-0.1, -0.05) is 0 Å². The lowest BCUT2D eigenvalue weighted by molar-refractivity contribution is 0.0759. The van der Waals surface area contributed by atoms with Crippen molar-refractivity contribution in [3.05, 3.63) is 35.4 Å². The monoisotopic (exact) mass is 273 g/mol. The highest BCUT2D eigenvalue weighted by Gasteiger charge is 2.22. The van der Waals surface area contributed by atoms with Crippen molar-refractivity contribution >= 4 is 12.0 Å². The molecule has 1 aliphatic heterocycles. The average molecular weight is 273 g/mol. The van der Waals surface area contributed by atoms with Crippen molar-refractivity contribution in [2.75, 3.05) is 26.2 Å². The second-order valence-corrected chi connectivity index (χ2v) is 4.60. The van der Waals surface area contributed by atoms with E-state index in [0.29, 0.717) is 43.7 Å². The summed E-state index contributed by atoms with van der Waals surface area (Å²) in [5.41, 5.74) is 1.03. The Bertz CT molecular complexity index is 548. The van der Waals surface area contributed by atoms with E-state index in [1.54, 1.807) is 29.2 Å². The molecule has 6 nitrogen and oxygen atoms in total. The lowest BCUT2D eigenvalue weighted by atomic mass is 10.1. The first-order valence-electron chi connectivity index (χ1n) is 6.39. The van der Waals surface area contributed by atoms with Crippen molar-refractivity contribution < 1.29 is 14.7 Å². The van der Waals surface area contributed by atoms with Crippen LogP contribution in [0, 0.1) is 11.3 Å². The fourth-order valence-electron chi connectivity index (χ4n) is 2.18. The minimum absolute atomic E-state index is 0.123. The molecule has 0 atom stereocenters. The molecule has 1 fully saturated rings. The van der Waals surface area contributed by atoms with Gasteiger partial charge in [0.25, 0.3) is 5.91 Å². The van der Waals surface area contributed by atoms with Crippen LogP contribution in [0.1, 0.15) is 22.3 Å². The number of nitriles is 1. The summed E-state index contributed by atoms with van der Waals surface area (Å²) in [7, 11) is 0. The highest BCUT2D eigenvalue weighted by molar-refractivity contribution is 5.94. The largest absolute Gasteiger partial charge is 0.465 e. The van der Waals surface area contributed by atoms with Gasteiger partial charge in [-0.05, 0) is 30.7 Å². The van der Waals surface area contributed by atoms with E-state index in [4.69, 9.17) is 10.4 Å². The molecule has 104 valence electrons. The fourth-order valence-corrected chi connectivity index (χ4v) is 2.18. The minimum Gasteiger partial charge on any atom is -0.465 e. The molecular formula is C14H15N3O3. The van der Waals surface area contributed by atoms with E-state index in [0.717, 1.165) is 0 Å². The Kier molecular flexibility index (Phi) is 4.20. The summed E-state index contributed by atoms with van der Waals surface area (Å²) in [6.07, 6.45) is -0.313. The van der Waals surface area contributed by atoms with Crippen LogP contribution in [0.15, 0.2) is 24.3 Å². The molecule has 0 bridgehead atoms. The van der Waals surface area contributed by atoms with E-state index in [2.05, 4.69) is 0 Å². The zero-order valence-electron chi connectivity index (χ0n) is 11.0. The maximum absolute atomic E-state index is 12.3. The molecule has 0 saturated carbocycles. The predicted molar refractivity (Wildman–Crippen MR) is 71.3 cm³/mol. The van der Waals surface area contributed by atoms with E-state index in [-0.39, 0.29) is 5.91 Å². The summed E-state index contributed by atoms with van der Waals surface area (Å²) < 4.78 is 0. The van der Waals surface area contributed by atoms with E-state index in [9.17, 15) is 9.59 Å². The van der Waals surface area contributed by atoms with Gasteiger partial charge in [-0.25, -0.2) is 4.79 Å². The lowest BCUT2D eigenvalue weighted by Crippen LogP contribution is -2.36. The highest BCUT2D eigenvalue weighted by atomic mass is 16.4. The molecule has 0 spiro atoms. The molecule has 0 aromatic heterocycles. The Morgan fingerprint density at radius 3 is 2.25 bits per heavy atom. The van der Waals surface area contributed by atoms with Gasteiger partial charge in [0.2, 0.25) is 0 Å². The molecule has 0 unspecified atom stereocenters. The van der Waals surface area contributed by atoms with Gasteiger partial charge in [0.05, 0.1) is 11.6 Å². The number of amides is 2. The number of hydrogen-bond donors (Lipinski definition) is 1. The van der Waals surface area contributed by atoms with Crippen LogP contribution in [0.25, 0.3) is 0 Å². The fraction of sp³-hybridized carbons (Fsp3) is 0.357. The molecule has 0 radical (unpaired) electrons. The zero-order chi connectivity index (χ0) is 14.5. The quantitative estimate of drug-likeness (QED) is 0.837. The molecule has 20 heavy (non-hydrogen) atoms. The van der Waals surface area contributed by atoms with Gasteiger partial charge in [-0.2, -0.15) is 5.26 Å². The van der Waals surface area contributed by atoms with Crippen LogP contribution in [0.2, 0.25) is 0 Å². The predicted octanol–water partition coefficient (Wildman–Crippen LogP) is 1.38. The second-order valence-electron chi connectivity index (χ2n) is 4.60. The molecule has 1 saturated heterocycles. The van der Waals surface area contributed by atoms with E-state index in [1.165, 1.54) is 4.90 Å². The topological polar surface area (TPSA) is 84.6 Å². The number of hydrogen-bond acceptors (Lipinski definition) is 3. The van der Waals surface area contributed by atoms with Crippen molar-refractivity contribution in [3.8, 4) is 6.07 Å². The number of nitrogens with zero attached hydrogens (tertiary/aromatic N) is 3. The van der Waals surface area contributed by atoms with Crippen molar-refractivity contribution in [1.29, 1.82) is 5.26 Å². The average Bonchev–Trinajstić information content (AvgIpc) is 2.72. The summed E-state index contributed by atoms with van der Waals surface area (Å²) in [5.74, 6) is -0.123. The van der Waals surface area contributed by atoms with Gasteiger partial charge < -0.3 is 14.9 Å². The first kappa shape index (κ1) is 13.9. The van der Waals surface area contributed by atoms with Crippen LogP contribution in [-0.2, 0) is 0 Å². The third-order valence-electron chi connectivity index (χ3n) is 3.31. The molecule has 1 aromatic rings. The van der Waals surface area contributed by atoms with Crippen molar-refractivity contribution in [3.63, 3.8) is 0 Å². The number of carboxylic acid groups (broad SMARTS) is 1. The standard InChI is InChI=1S/C14H15N3O3/c15-10-11-2-4-12(5-3-11)13(18)16-6-1-7-17(9-8-16)14(19)20/h2-5H,1,6-9H2,(H,19,20). The SMILES string of the molecule is N#Cc1ccc(C(=O)N2CCCN(C(=O)O)CC2)cc1. The number of carbonyl (C=O) groups excluding carboxylic acids is 1. The molecule has 1 N–H and O–H groups in total. The maximum atomic E-state index is 12.3. The lowest BCUT2D eigenvalue weighted by Gasteiger charge is -2.20. The smallest absolute Gasteiger partial charge is 0.407 e. The van der Waals surface area contributed by atoms with Crippen molar-refractivity contribution in [1.82, 2.24) is 9.80 Å². The van der Waals surface area contributed by atoms with Crippen LogP contribution < -0.4 is 0 Å². The Morgan fingerprint density at radius 2 is 1.65 bits per heavy atom. The van der Waals surface area contributed by atoms with Crippen LogP contribution >= 0.6 is 0 Å². The van der Waals surface area contributed by atoms with Gasteiger partial charge in [-0.3, -0.25) is 4.79 Å². The third kappa shape index (κ3) is 3.06. The van der Waals surface area contributed by atoms with Crippen LogP contribution in [-0.4, -0.2) is 53.1 Å². The normalized spacial score (nSPS) is 15.3. The zero-order valence-corrected chi connectivity index (χ0v) is 11.0. The van der Waals surface area contributed by atoms with Gasteiger partial charge in [0.15, 0.2) is 0 Å². The molecule has 1 heterocycles. The summed E-state index contributed by atoms with van der Waals surface area (Å²) in [6, 6.07) is 8.47. The molecule has 6 heteroatoms. The summed E-state index contributed by atoms with van der Waals surface area (Å²) in [6.45, 7) is 1.72. The molecule has 2 amide bonds. The Labute approximate surface area is 116 Å². The van der Waals surface area contributed by atoms with Gasteiger partial charge in [-0.15, -0.1) is 0 Å². The molecule has 2 rings (SSSR count). The number of carbonyl (C=O) groups is 2. The number of rotatable bonds is 1. The minimum atomic E-state index is -0.947. The summed E-state index contributed by atoms with van der Waals surface area (Å²) in [4.78, 5) is 26.2. The van der Waals surface area contributed by atoms with Crippen LogP contribution in [0.4, 0.5) is 4.79 Å². The van der Waals surface area contributed by atoms with Gasteiger partial charge in [0, 0.05) is 31.7 Å².